The van der Waals surface area contributed by atoms with Crippen LogP contribution in [-0.2, 0) is 0 Å². The van der Waals surface area contributed by atoms with Crippen LogP contribution in [0, 0.1) is 0 Å². The maximum Gasteiger partial charge on any atom is 0.231 e. The lowest BCUT2D eigenvalue weighted by molar-refractivity contribution is 0.170. The summed E-state index contributed by atoms with van der Waals surface area (Å²) in [5.41, 5.74) is 0. The van der Waals surface area contributed by atoms with Crippen LogP contribution in [0.25, 0.3) is 0 Å². The molecule has 1 heterocycles. The first kappa shape index (κ1) is 8.51. The lowest BCUT2D eigenvalue weighted by Crippen LogP contribution is -1.95. The minimum atomic E-state index is 0.232. The highest BCUT2D eigenvalue weighted by Crippen LogP contribution is 2.43. The molecule has 0 radical (unpaired) electrons. The van der Waals surface area contributed by atoms with Gasteiger partial charge in [-0.25, -0.2) is 0 Å². The molecule has 2 rings (SSSR count). The second-order valence-electron chi connectivity index (χ2n) is 2.57. The van der Waals surface area contributed by atoms with Gasteiger partial charge in [0, 0.05) is 17.2 Å². The second kappa shape index (κ2) is 3.34. The van der Waals surface area contributed by atoms with Gasteiger partial charge in [0.1, 0.15) is 0 Å². The van der Waals surface area contributed by atoms with E-state index in [1.165, 1.54) is 0 Å². The van der Waals surface area contributed by atoms with Crippen molar-refractivity contribution in [1.82, 2.24) is 0 Å². The van der Waals surface area contributed by atoms with Crippen molar-refractivity contribution in [2.24, 2.45) is 0 Å². The van der Waals surface area contributed by atoms with Crippen LogP contribution in [0.2, 0.25) is 5.02 Å². The van der Waals surface area contributed by atoms with E-state index in [0.717, 1.165) is 0 Å². The molecule has 0 aromatic heterocycles. The van der Waals surface area contributed by atoms with E-state index in [9.17, 15) is 0 Å². The van der Waals surface area contributed by atoms with Gasteiger partial charge < -0.3 is 14.2 Å². The maximum atomic E-state index is 5.85. The lowest BCUT2D eigenvalue weighted by Gasteiger charge is -2.06. The molecule has 1 aromatic rings. The highest BCUT2D eigenvalue weighted by molar-refractivity contribution is 6.31. The van der Waals surface area contributed by atoms with E-state index in [-0.39, 0.29) is 6.79 Å². The highest BCUT2D eigenvalue weighted by Gasteiger charge is 2.19. The summed E-state index contributed by atoms with van der Waals surface area (Å²) in [4.78, 5) is 0. The molecule has 0 atom stereocenters. The standard InChI is InChI=1S/C9H9ClO3/c1-2-11-7-3-6(10)4-8-9(7)13-5-12-8/h3-4H,2,5H2,1H3. The topological polar surface area (TPSA) is 27.7 Å². The summed E-state index contributed by atoms with van der Waals surface area (Å²) >= 11 is 5.85. The molecule has 0 N–H and O–H groups in total. The third-order valence-electron chi connectivity index (χ3n) is 1.70. The molecule has 0 saturated heterocycles. The summed E-state index contributed by atoms with van der Waals surface area (Å²) < 4.78 is 15.8. The van der Waals surface area contributed by atoms with Gasteiger partial charge in [-0.05, 0) is 6.92 Å². The van der Waals surface area contributed by atoms with Crippen molar-refractivity contribution in [3.05, 3.63) is 17.2 Å². The zero-order chi connectivity index (χ0) is 9.26. The van der Waals surface area contributed by atoms with Crippen LogP contribution in [-0.4, -0.2) is 13.4 Å². The Morgan fingerprint density at radius 3 is 3.08 bits per heavy atom. The quantitative estimate of drug-likeness (QED) is 0.734. The highest BCUT2D eigenvalue weighted by atomic mass is 35.5. The predicted molar refractivity (Wildman–Crippen MR) is 48.7 cm³/mol. The summed E-state index contributed by atoms with van der Waals surface area (Å²) in [6, 6.07) is 3.44. The first-order valence-corrected chi connectivity index (χ1v) is 4.41. The third-order valence-corrected chi connectivity index (χ3v) is 1.92. The summed E-state index contributed by atoms with van der Waals surface area (Å²) in [5.74, 6) is 1.93. The normalized spacial score (nSPS) is 13.1. The molecule has 13 heavy (non-hydrogen) atoms. The molecule has 4 heteroatoms. The zero-order valence-corrected chi connectivity index (χ0v) is 7.93. The van der Waals surface area contributed by atoms with Gasteiger partial charge in [-0.2, -0.15) is 0 Å². The van der Waals surface area contributed by atoms with Crippen molar-refractivity contribution in [1.29, 1.82) is 0 Å². The van der Waals surface area contributed by atoms with Crippen LogP contribution in [0.1, 0.15) is 6.92 Å². The SMILES string of the molecule is CCOc1cc(Cl)cc2c1OCO2. The Bertz CT molecular complexity index is 325. The average Bonchev–Trinajstić information content (AvgIpc) is 2.52. The third kappa shape index (κ3) is 1.52. The number of fused-ring (bicyclic) bond motifs is 1. The zero-order valence-electron chi connectivity index (χ0n) is 7.17. The molecule has 1 aromatic carbocycles. The van der Waals surface area contributed by atoms with Gasteiger partial charge in [-0.1, -0.05) is 11.6 Å². The molecular weight excluding hydrogens is 192 g/mol. The number of rotatable bonds is 2. The van der Waals surface area contributed by atoms with Crippen LogP contribution < -0.4 is 14.2 Å². The van der Waals surface area contributed by atoms with Gasteiger partial charge in [0.05, 0.1) is 6.61 Å². The van der Waals surface area contributed by atoms with Crippen molar-refractivity contribution in [3.8, 4) is 17.2 Å². The van der Waals surface area contributed by atoms with Gasteiger partial charge in [-0.15, -0.1) is 0 Å². The Kier molecular flexibility index (Phi) is 2.19. The average molecular weight is 201 g/mol. The lowest BCUT2D eigenvalue weighted by atomic mass is 10.3. The van der Waals surface area contributed by atoms with Gasteiger partial charge in [0.2, 0.25) is 12.5 Å². The summed E-state index contributed by atoms with van der Waals surface area (Å²) in [6.45, 7) is 2.72. The molecule has 1 aliphatic heterocycles. The fourth-order valence-corrected chi connectivity index (χ4v) is 1.41. The fourth-order valence-electron chi connectivity index (χ4n) is 1.21. The first-order valence-electron chi connectivity index (χ1n) is 4.03. The minimum Gasteiger partial charge on any atom is -0.490 e. The van der Waals surface area contributed by atoms with Crippen LogP contribution in [0.5, 0.6) is 17.2 Å². The van der Waals surface area contributed by atoms with E-state index in [2.05, 4.69) is 0 Å². The summed E-state index contributed by atoms with van der Waals surface area (Å²) in [6.07, 6.45) is 0. The Balaban J connectivity index is 2.43. The van der Waals surface area contributed by atoms with Gasteiger partial charge in [0.25, 0.3) is 0 Å². The van der Waals surface area contributed by atoms with Crippen molar-refractivity contribution in [2.75, 3.05) is 13.4 Å². The van der Waals surface area contributed by atoms with Gasteiger partial charge >= 0.3 is 0 Å². The number of hydrogen-bond acceptors (Lipinski definition) is 3. The van der Waals surface area contributed by atoms with E-state index >= 15 is 0 Å². The molecule has 0 spiro atoms. The molecule has 3 nitrogen and oxygen atoms in total. The van der Waals surface area contributed by atoms with Crippen molar-refractivity contribution < 1.29 is 14.2 Å². The fraction of sp³-hybridized carbons (Fsp3) is 0.333. The van der Waals surface area contributed by atoms with Crippen LogP contribution in [0.4, 0.5) is 0 Å². The van der Waals surface area contributed by atoms with E-state index in [1.54, 1.807) is 12.1 Å². The number of benzene rings is 1. The maximum absolute atomic E-state index is 5.85. The van der Waals surface area contributed by atoms with E-state index < -0.39 is 0 Å². The summed E-state index contributed by atoms with van der Waals surface area (Å²) in [7, 11) is 0. The van der Waals surface area contributed by atoms with E-state index in [0.29, 0.717) is 28.9 Å². The molecule has 0 amide bonds. The van der Waals surface area contributed by atoms with Crippen molar-refractivity contribution in [2.45, 2.75) is 6.92 Å². The smallest absolute Gasteiger partial charge is 0.231 e. The summed E-state index contributed by atoms with van der Waals surface area (Å²) in [5, 5.41) is 0.590. The van der Waals surface area contributed by atoms with Crippen molar-refractivity contribution in [3.63, 3.8) is 0 Å². The first-order chi connectivity index (χ1) is 6.31. The number of hydrogen-bond donors (Lipinski definition) is 0. The number of halogens is 1. The predicted octanol–water partition coefficient (Wildman–Crippen LogP) is 2.47. The van der Waals surface area contributed by atoms with Crippen molar-refractivity contribution >= 4 is 11.6 Å². The second-order valence-corrected chi connectivity index (χ2v) is 3.01. The molecule has 70 valence electrons. The Hall–Kier alpha value is -1.09. The number of ether oxygens (including phenoxy) is 3. The molecule has 0 fully saturated rings. The Morgan fingerprint density at radius 1 is 1.46 bits per heavy atom. The minimum absolute atomic E-state index is 0.232. The van der Waals surface area contributed by atoms with Crippen LogP contribution in [0.15, 0.2) is 12.1 Å². The van der Waals surface area contributed by atoms with E-state index in [1.807, 2.05) is 6.92 Å². The Labute approximate surface area is 81.2 Å². The largest absolute Gasteiger partial charge is 0.490 e. The molecule has 0 saturated carbocycles. The van der Waals surface area contributed by atoms with Gasteiger partial charge in [0.15, 0.2) is 11.5 Å². The van der Waals surface area contributed by atoms with Gasteiger partial charge in [-0.3, -0.25) is 0 Å². The molecule has 0 aliphatic carbocycles. The molecule has 0 bridgehead atoms. The van der Waals surface area contributed by atoms with E-state index in [4.69, 9.17) is 25.8 Å². The molecular formula is C9H9ClO3. The molecule has 1 aliphatic rings. The molecule has 0 unspecified atom stereocenters. The Morgan fingerprint density at radius 2 is 2.31 bits per heavy atom. The monoisotopic (exact) mass is 200 g/mol. The van der Waals surface area contributed by atoms with Crippen LogP contribution in [0.3, 0.4) is 0 Å². The van der Waals surface area contributed by atoms with Crippen LogP contribution >= 0.6 is 11.6 Å².